The zero-order chi connectivity index (χ0) is 12.4. The van der Waals surface area contributed by atoms with Gasteiger partial charge < -0.3 is 9.67 Å². The van der Waals surface area contributed by atoms with Crippen molar-refractivity contribution in [2.45, 2.75) is 39.7 Å². The van der Waals surface area contributed by atoms with Crippen LogP contribution in [-0.2, 0) is 6.42 Å². The van der Waals surface area contributed by atoms with Crippen molar-refractivity contribution >= 4 is 11.0 Å². The average Bonchev–Trinajstić information content (AvgIpc) is 2.61. The molecule has 3 heteroatoms. The summed E-state index contributed by atoms with van der Waals surface area (Å²) in [4.78, 5) is 4.60. The molecule has 1 aromatic carbocycles. The van der Waals surface area contributed by atoms with Gasteiger partial charge in [-0.3, -0.25) is 0 Å². The number of rotatable bonds is 4. The maximum absolute atomic E-state index is 8.84. The molecule has 0 spiro atoms. The Balaban J connectivity index is 2.43. The Morgan fingerprint density at radius 1 is 1.35 bits per heavy atom. The predicted molar refractivity (Wildman–Crippen MR) is 70.3 cm³/mol. The lowest BCUT2D eigenvalue weighted by atomic mass is 10.1. The van der Waals surface area contributed by atoms with Gasteiger partial charge in [-0.1, -0.05) is 6.07 Å². The standard InChI is InChI=1S/C14H20N2O/c1-10(2)16-11(3)15-13-9-12(5-4-8-17)6-7-14(13)16/h6-7,9-10,17H,4-5,8H2,1-3H3. The zero-order valence-corrected chi connectivity index (χ0v) is 10.8. The van der Waals surface area contributed by atoms with Gasteiger partial charge in [0.05, 0.1) is 11.0 Å². The molecule has 2 rings (SSSR count). The molecule has 1 N–H and O–H groups in total. The predicted octanol–water partition coefficient (Wildman–Crippen LogP) is 2.85. The van der Waals surface area contributed by atoms with Gasteiger partial charge in [-0.25, -0.2) is 4.98 Å². The van der Waals surface area contributed by atoms with E-state index >= 15 is 0 Å². The van der Waals surface area contributed by atoms with Crippen LogP contribution in [0.3, 0.4) is 0 Å². The Morgan fingerprint density at radius 3 is 2.76 bits per heavy atom. The number of imidazole rings is 1. The smallest absolute Gasteiger partial charge is 0.106 e. The number of benzene rings is 1. The van der Waals surface area contributed by atoms with E-state index in [0.717, 1.165) is 24.2 Å². The first-order valence-corrected chi connectivity index (χ1v) is 6.22. The molecule has 0 fully saturated rings. The summed E-state index contributed by atoms with van der Waals surface area (Å²) in [6.07, 6.45) is 1.73. The van der Waals surface area contributed by atoms with Gasteiger partial charge in [0, 0.05) is 12.6 Å². The third kappa shape index (κ3) is 2.34. The first kappa shape index (κ1) is 12.1. The second kappa shape index (κ2) is 4.88. The highest BCUT2D eigenvalue weighted by molar-refractivity contribution is 5.77. The molecule has 0 saturated heterocycles. The van der Waals surface area contributed by atoms with E-state index in [2.05, 4.69) is 41.6 Å². The summed E-state index contributed by atoms with van der Waals surface area (Å²) in [5, 5.41) is 8.84. The zero-order valence-electron chi connectivity index (χ0n) is 10.8. The Kier molecular flexibility index (Phi) is 3.48. The number of aliphatic hydroxyl groups excluding tert-OH is 1. The van der Waals surface area contributed by atoms with Crippen LogP contribution in [0.25, 0.3) is 11.0 Å². The molecule has 1 aromatic heterocycles. The lowest BCUT2D eigenvalue weighted by Gasteiger charge is -2.10. The van der Waals surface area contributed by atoms with E-state index in [1.807, 2.05) is 6.92 Å². The molecule has 0 radical (unpaired) electrons. The van der Waals surface area contributed by atoms with Crippen molar-refractivity contribution in [1.82, 2.24) is 9.55 Å². The van der Waals surface area contributed by atoms with Crippen molar-refractivity contribution in [3.05, 3.63) is 29.6 Å². The first-order valence-electron chi connectivity index (χ1n) is 6.22. The summed E-state index contributed by atoms with van der Waals surface area (Å²) in [7, 11) is 0. The van der Waals surface area contributed by atoms with E-state index in [4.69, 9.17) is 5.11 Å². The van der Waals surface area contributed by atoms with E-state index in [9.17, 15) is 0 Å². The van der Waals surface area contributed by atoms with Crippen LogP contribution in [0.15, 0.2) is 18.2 Å². The molecule has 0 amide bonds. The normalized spacial score (nSPS) is 11.6. The molecule has 0 unspecified atom stereocenters. The quantitative estimate of drug-likeness (QED) is 0.880. The van der Waals surface area contributed by atoms with Gasteiger partial charge in [0.1, 0.15) is 5.82 Å². The molecule has 92 valence electrons. The maximum Gasteiger partial charge on any atom is 0.106 e. The number of aryl methyl sites for hydroxylation is 2. The minimum absolute atomic E-state index is 0.248. The first-order chi connectivity index (χ1) is 8.13. The molecule has 0 saturated carbocycles. The minimum atomic E-state index is 0.248. The molecule has 3 nitrogen and oxygen atoms in total. The second-order valence-corrected chi connectivity index (χ2v) is 4.77. The molecule has 0 aliphatic carbocycles. The van der Waals surface area contributed by atoms with Crippen LogP contribution in [0.1, 0.15) is 37.7 Å². The molecule has 0 aliphatic rings. The molecular formula is C14H20N2O. The van der Waals surface area contributed by atoms with Crippen molar-refractivity contribution in [3.63, 3.8) is 0 Å². The summed E-state index contributed by atoms with van der Waals surface area (Å²) < 4.78 is 2.26. The summed E-state index contributed by atoms with van der Waals surface area (Å²) in [6.45, 7) is 6.65. The van der Waals surface area contributed by atoms with Crippen molar-refractivity contribution in [2.24, 2.45) is 0 Å². The van der Waals surface area contributed by atoms with Crippen molar-refractivity contribution in [1.29, 1.82) is 0 Å². The van der Waals surface area contributed by atoms with Gasteiger partial charge in [-0.05, 0) is 51.3 Å². The van der Waals surface area contributed by atoms with Gasteiger partial charge in [0.2, 0.25) is 0 Å². The van der Waals surface area contributed by atoms with Crippen LogP contribution in [0.2, 0.25) is 0 Å². The Bertz CT molecular complexity index is 514. The van der Waals surface area contributed by atoms with Crippen LogP contribution in [-0.4, -0.2) is 21.3 Å². The highest BCUT2D eigenvalue weighted by Crippen LogP contribution is 2.22. The maximum atomic E-state index is 8.84. The minimum Gasteiger partial charge on any atom is -0.396 e. The van der Waals surface area contributed by atoms with E-state index < -0.39 is 0 Å². The van der Waals surface area contributed by atoms with Gasteiger partial charge in [-0.15, -0.1) is 0 Å². The molecule has 17 heavy (non-hydrogen) atoms. The van der Waals surface area contributed by atoms with Crippen LogP contribution < -0.4 is 0 Å². The fourth-order valence-corrected chi connectivity index (χ4v) is 2.36. The lowest BCUT2D eigenvalue weighted by molar-refractivity contribution is 0.288. The lowest BCUT2D eigenvalue weighted by Crippen LogP contribution is -2.02. The highest BCUT2D eigenvalue weighted by Gasteiger charge is 2.10. The van der Waals surface area contributed by atoms with E-state index in [0.29, 0.717) is 6.04 Å². The molecule has 0 bridgehead atoms. The molecule has 2 aromatic rings. The topological polar surface area (TPSA) is 38.1 Å². The Hall–Kier alpha value is -1.35. The van der Waals surface area contributed by atoms with Crippen LogP contribution in [0.4, 0.5) is 0 Å². The Morgan fingerprint density at radius 2 is 2.12 bits per heavy atom. The van der Waals surface area contributed by atoms with Crippen molar-refractivity contribution in [3.8, 4) is 0 Å². The fraction of sp³-hybridized carbons (Fsp3) is 0.500. The summed E-state index contributed by atoms with van der Waals surface area (Å²) >= 11 is 0. The molecule has 0 atom stereocenters. The van der Waals surface area contributed by atoms with Gasteiger partial charge in [-0.2, -0.15) is 0 Å². The van der Waals surface area contributed by atoms with Gasteiger partial charge in [0.25, 0.3) is 0 Å². The van der Waals surface area contributed by atoms with Gasteiger partial charge in [0.15, 0.2) is 0 Å². The average molecular weight is 232 g/mol. The molecular weight excluding hydrogens is 212 g/mol. The number of hydrogen-bond acceptors (Lipinski definition) is 2. The largest absolute Gasteiger partial charge is 0.396 e. The van der Waals surface area contributed by atoms with Crippen LogP contribution in [0, 0.1) is 6.92 Å². The third-order valence-corrected chi connectivity index (χ3v) is 3.07. The molecule has 1 heterocycles. The van der Waals surface area contributed by atoms with E-state index in [1.165, 1.54) is 11.1 Å². The van der Waals surface area contributed by atoms with Crippen LogP contribution in [0.5, 0.6) is 0 Å². The molecule has 0 aliphatic heterocycles. The summed E-state index contributed by atoms with van der Waals surface area (Å²) in [5.74, 6) is 1.06. The number of nitrogens with zero attached hydrogens (tertiary/aromatic N) is 2. The fourth-order valence-electron chi connectivity index (χ4n) is 2.36. The monoisotopic (exact) mass is 232 g/mol. The van der Waals surface area contributed by atoms with E-state index in [-0.39, 0.29) is 6.61 Å². The van der Waals surface area contributed by atoms with E-state index in [1.54, 1.807) is 0 Å². The third-order valence-electron chi connectivity index (χ3n) is 3.07. The highest BCUT2D eigenvalue weighted by atomic mass is 16.2. The van der Waals surface area contributed by atoms with Crippen molar-refractivity contribution < 1.29 is 5.11 Å². The van der Waals surface area contributed by atoms with Crippen LogP contribution >= 0.6 is 0 Å². The summed E-state index contributed by atoms with van der Waals surface area (Å²) in [5.41, 5.74) is 3.51. The Labute approximate surface area is 102 Å². The SMILES string of the molecule is Cc1nc2cc(CCCO)ccc2n1C(C)C. The number of aromatic nitrogens is 2. The number of fused-ring (bicyclic) bond motifs is 1. The second-order valence-electron chi connectivity index (χ2n) is 4.77. The number of hydrogen-bond donors (Lipinski definition) is 1. The summed E-state index contributed by atoms with van der Waals surface area (Å²) in [6, 6.07) is 6.85. The van der Waals surface area contributed by atoms with Gasteiger partial charge >= 0.3 is 0 Å². The van der Waals surface area contributed by atoms with Crippen molar-refractivity contribution in [2.75, 3.05) is 6.61 Å². The number of aliphatic hydroxyl groups is 1.